The second-order valence-corrected chi connectivity index (χ2v) is 4.67. The Bertz CT molecular complexity index is 422. The van der Waals surface area contributed by atoms with Crippen molar-refractivity contribution in [3.05, 3.63) is 54.4 Å². The second kappa shape index (κ2) is 6.97. The summed E-state index contributed by atoms with van der Waals surface area (Å²) in [6.07, 6.45) is 6.14. The first-order chi connectivity index (χ1) is 8.84. The van der Waals surface area contributed by atoms with Gasteiger partial charge in [0.15, 0.2) is 0 Å². The number of aromatic nitrogens is 2. The highest BCUT2D eigenvalue weighted by Gasteiger charge is 2.01. The highest BCUT2D eigenvalue weighted by atomic mass is 15.3. The second-order valence-electron chi connectivity index (χ2n) is 4.67. The van der Waals surface area contributed by atoms with Crippen molar-refractivity contribution in [2.75, 3.05) is 6.54 Å². The molecule has 3 heteroatoms. The summed E-state index contributed by atoms with van der Waals surface area (Å²) >= 11 is 0. The molecule has 0 aliphatic heterocycles. The molecular weight excluding hydrogens is 222 g/mol. The van der Waals surface area contributed by atoms with Gasteiger partial charge in [-0.15, -0.1) is 0 Å². The van der Waals surface area contributed by atoms with Crippen molar-refractivity contribution in [3.63, 3.8) is 0 Å². The molecule has 18 heavy (non-hydrogen) atoms. The van der Waals surface area contributed by atoms with Crippen LogP contribution < -0.4 is 5.32 Å². The molecule has 1 heterocycles. The van der Waals surface area contributed by atoms with Gasteiger partial charge < -0.3 is 5.32 Å². The number of rotatable bonds is 7. The van der Waals surface area contributed by atoms with Crippen molar-refractivity contribution in [1.82, 2.24) is 15.1 Å². The number of benzene rings is 1. The largest absolute Gasteiger partial charge is 0.312 e. The molecule has 1 aromatic heterocycles. The van der Waals surface area contributed by atoms with Crippen LogP contribution in [0.4, 0.5) is 0 Å². The van der Waals surface area contributed by atoms with Crippen molar-refractivity contribution in [1.29, 1.82) is 0 Å². The summed E-state index contributed by atoms with van der Waals surface area (Å²) in [6.45, 7) is 4.18. The Kier molecular flexibility index (Phi) is 4.97. The molecule has 1 aromatic carbocycles. The van der Waals surface area contributed by atoms with Crippen LogP contribution in [0.2, 0.25) is 0 Å². The molecule has 0 unspecified atom stereocenters. The third kappa shape index (κ3) is 4.34. The van der Waals surface area contributed by atoms with Crippen LogP contribution in [0.3, 0.4) is 0 Å². The van der Waals surface area contributed by atoms with Gasteiger partial charge in [-0.1, -0.05) is 30.3 Å². The molecule has 0 bridgehead atoms. The number of hydrogen-bond donors (Lipinski definition) is 1. The van der Waals surface area contributed by atoms with E-state index < -0.39 is 0 Å². The average molecular weight is 243 g/mol. The summed E-state index contributed by atoms with van der Waals surface area (Å²) in [5, 5.41) is 7.74. The van der Waals surface area contributed by atoms with Gasteiger partial charge in [0.1, 0.15) is 0 Å². The minimum absolute atomic E-state index is 0.459. The molecule has 2 rings (SSSR count). The lowest BCUT2D eigenvalue weighted by Gasteiger charge is -2.13. The molecule has 2 aromatic rings. The topological polar surface area (TPSA) is 29.9 Å². The first-order valence-corrected chi connectivity index (χ1v) is 6.59. The van der Waals surface area contributed by atoms with Crippen molar-refractivity contribution < 1.29 is 0 Å². The number of nitrogens with zero attached hydrogens (tertiary/aromatic N) is 2. The van der Waals surface area contributed by atoms with Crippen LogP contribution in [-0.4, -0.2) is 22.4 Å². The molecule has 1 N–H and O–H groups in total. The molecule has 0 radical (unpaired) electrons. The predicted octanol–water partition coefficient (Wildman–Crippen LogP) is 2.49. The van der Waals surface area contributed by atoms with Gasteiger partial charge in [0.2, 0.25) is 0 Å². The van der Waals surface area contributed by atoms with E-state index in [0.717, 1.165) is 19.5 Å². The van der Waals surface area contributed by atoms with Crippen LogP contribution in [0.1, 0.15) is 18.9 Å². The lowest BCUT2D eigenvalue weighted by Crippen LogP contribution is -2.31. The van der Waals surface area contributed by atoms with E-state index in [1.54, 1.807) is 0 Å². The monoisotopic (exact) mass is 243 g/mol. The fourth-order valence-corrected chi connectivity index (χ4v) is 2.04. The predicted molar refractivity (Wildman–Crippen MR) is 74.5 cm³/mol. The smallest absolute Gasteiger partial charge is 0.0559 e. The van der Waals surface area contributed by atoms with E-state index in [9.17, 15) is 0 Å². The molecular formula is C15H21N3. The van der Waals surface area contributed by atoms with E-state index in [-0.39, 0.29) is 0 Å². The third-order valence-corrected chi connectivity index (χ3v) is 3.00. The van der Waals surface area contributed by atoms with E-state index in [1.165, 1.54) is 12.0 Å². The van der Waals surface area contributed by atoms with Crippen molar-refractivity contribution in [3.8, 4) is 0 Å². The van der Waals surface area contributed by atoms with Gasteiger partial charge in [-0.3, -0.25) is 4.68 Å². The summed E-state index contributed by atoms with van der Waals surface area (Å²) in [4.78, 5) is 0. The molecule has 0 saturated heterocycles. The normalized spacial score (nSPS) is 12.5. The van der Waals surface area contributed by atoms with Gasteiger partial charge in [-0.25, -0.2) is 0 Å². The number of hydrogen-bond acceptors (Lipinski definition) is 2. The lowest BCUT2D eigenvalue weighted by molar-refractivity contribution is 0.448. The molecule has 96 valence electrons. The molecule has 0 amide bonds. The zero-order valence-corrected chi connectivity index (χ0v) is 10.9. The van der Waals surface area contributed by atoms with Crippen LogP contribution in [-0.2, 0) is 13.0 Å². The molecule has 1 atom stereocenters. The van der Waals surface area contributed by atoms with E-state index in [2.05, 4.69) is 47.7 Å². The van der Waals surface area contributed by atoms with Crippen LogP contribution in [0, 0.1) is 0 Å². The molecule has 0 saturated carbocycles. The maximum atomic E-state index is 4.21. The Morgan fingerprint density at radius 1 is 1.22 bits per heavy atom. The third-order valence-electron chi connectivity index (χ3n) is 3.00. The van der Waals surface area contributed by atoms with E-state index >= 15 is 0 Å². The summed E-state index contributed by atoms with van der Waals surface area (Å²) in [6, 6.07) is 13.1. The lowest BCUT2D eigenvalue weighted by atomic mass is 10.1. The van der Waals surface area contributed by atoms with Crippen LogP contribution in [0.25, 0.3) is 0 Å². The Labute approximate surface area is 109 Å². The summed E-state index contributed by atoms with van der Waals surface area (Å²) in [5.41, 5.74) is 1.42. The number of aryl methyl sites for hydroxylation is 1. The Balaban J connectivity index is 1.60. The van der Waals surface area contributed by atoms with E-state index in [0.29, 0.717) is 6.04 Å². The maximum Gasteiger partial charge on any atom is 0.0559 e. The standard InChI is InChI=1S/C15H21N3/c1-14(13-18-12-6-11-17-18)16-10-5-9-15-7-3-2-4-8-15/h2-4,6-8,11-12,14,16H,5,9-10,13H2,1H3/t14-/m0/s1. The van der Waals surface area contributed by atoms with E-state index in [4.69, 9.17) is 0 Å². The molecule has 3 nitrogen and oxygen atoms in total. The fraction of sp³-hybridized carbons (Fsp3) is 0.400. The van der Waals surface area contributed by atoms with Gasteiger partial charge in [-0.2, -0.15) is 5.10 Å². The van der Waals surface area contributed by atoms with Gasteiger partial charge >= 0.3 is 0 Å². The Morgan fingerprint density at radius 3 is 2.78 bits per heavy atom. The molecule has 0 spiro atoms. The molecule has 0 aliphatic rings. The van der Waals surface area contributed by atoms with Crippen LogP contribution in [0.5, 0.6) is 0 Å². The highest BCUT2D eigenvalue weighted by molar-refractivity contribution is 5.14. The first kappa shape index (κ1) is 12.8. The fourth-order valence-electron chi connectivity index (χ4n) is 2.04. The summed E-state index contributed by atoms with van der Waals surface area (Å²) < 4.78 is 1.97. The SMILES string of the molecule is C[C@@H](Cn1cccn1)NCCCc1ccccc1. The Morgan fingerprint density at radius 2 is 2.06 bits per heavy atom. The average Bonchev–Trinajstić information content (AvgIpc) is 2.89. The quantitative estimate of drug-likeness (QED) is 0.757. The van der Waals surface area contributed by atoms with Crippen molar-refractivity contribution in [2.45, 2.75) is 32.4 Å². The maximum absolute atomic E-state index is 4.21. The Hall–Kier alpha value is -1.61. The number of nitrogens with one attached hydrogen (secondary N) is 1. The van der Waals surface area contributed by atoms with E-state index in [1.807, 2.05) is 23.1 Å². The van der Waals surface area contributed by atoms with Gasteiger partial charge in [0.05, 0.1) is 6.54 Å². The zero-order valence-electron chi connectivity index (χ0n) is 10.9. The minimum Gasteiger partial charge on any atom is -0.312 e. The highest BCUT2D eigenvalue weighted by Crippen LogP contribution is 2.01. The summed E-state index contributed by atoms with van der Waals surface area (Å²) in [7, 11) is 0. The summed E-state index contributed by atoms with van der Waals surface area (Å²) in [5.74, 6) is 0. The van der Waals surface area contributed by atoms with Gasteiger partial charge in [-0.05, 0) is 37.9 Å². The van der Waals surface area contributed by atoms with Crippen molar-refractivity contribution >= 4 is 0 Å². The zero-order chi connectivity index (χ0) is 12.6. The minimum atomic E-state index is 0.459. The van der Waals surface area contributed by atoms with Crippen LogP contribution >= 0.6 is 0 Å². The molecule has 0 fully saturated rings. The van der Waals surface area contributed by atoms with Crippen molar-refractivity contribution in [2.24, 2.45) is 0 Å². The van der Waals surface area contributed by atoms with Crippen LogP contribution in [0.15, 0.2) is 48.8 Å². The first-order valence-electron chi connectivity index (χ1n) is 6.59. The molecule has 0 aliphatic carbocycles. The van der Waals surface area contributed by atoms with Gasteiger partial charge in [0, 0.05) is 18.4 Å². The van der Waals surface area contributed by atoms with Gasteiger partial charge in [0.25, 0.3) is 0 Å².